The van der Waals surface area contributed by atoms with Gasteiger partial charge in [-0.2, -0.15) is 0 Å². The molecule has 0 atom stereocenters. The minimum atomic E-state index is -3.91. The normalized spacial score (nSPS) is 11.2. The lowest BCUT2D eigenvalue weighted by Gasteiger charge is -2.08. The van der Waals surface area contributed by atoms with Gasteiger partial charge in [0, 0.05) is 29.9 Å². The first-order chi connectivity index (χ1) is 16.7. The third kappa shape index (κ3) is 5.77. The van der Waals surface area contributed by atoms with Gasteiger partial charge < -0.3 is 5.32 Å². The number of aryl methyl sites for hydroxylation is 1. The molecule has 3 aromatic carbocycles. The maximum atomic E-state index is 12.7. The molecule has 4 aromatic rings. The largest absolute Gasteiger partial charge is 0.332 e. The van der Waals surface area contributed by atoms with E-state index in [-0.39, 0.29) is 22.9 Å². The summed E-state index contributed by atoms with van der Waals surface area (Å²) < 4.78 is 27.4. The van der Waals surface area contributed by atoms with Crippen molar-refractivity contribution in [3.05, 3.63) is 111 Å². The first kappa shape index (κ1) is 24.2. The number of non-ortho nitro benzene ring substituents is 1. The molecule has 0 amide bonds. The minimum absolute atomic E-state index is 0.0115. The number of ketones is 1. The van der Waals surface area contributed by atoms with Crippen molar-refractivity contribution in [2.75, 3.05) is 5.32 Å². The topological polar surface area (TPSA) is 131 Å². The zero-order valence-electron chi connectivity index (χ0n) is 18.5. The number of nitro benzene ring substituents is 1. The van der Waals surface area contributed by atoms with Gasteiger partial charge in [0.25, 0.3) is 5.69 Å². The van der Waals surface area contributed by atoms with Gasteiger partial charge >= 0.3 is 0 Å². The first-order valence-corrected chi connectivity index (χ1v) is 12.7. The van der Waals surface area contributed by atoms with Gasteiger partial charge in [0.15, 0.2) is 5.13 Å². The minimum Gasteiger partial charge on any atom is -0.332 e. The molecule has 0 unspecified atom stereocenters. The lowest BCUT2D eigenvalue weighted by Crippen LogP contribution is -2.23. The fraction of sp³-hybridized carbons (Fsp3) is 0.0833. The highest BCUT2D eigenvalue weighted by Gasteiger charge is 2.18. The number of carbonyl (C=O) groups is 1. The van der Waals surface area contributed by atoms with Crippen molar-refractivity contribution in [2.24, 2.45) is 0 Å². The number of nitrogens with one attached hydrogen (secondary N) is 2. The number of aromatic nitrogens is 1. The molecule has 0 aliphatic heterocycles. The van der Waals surface area contributed by atoms with Crippen LogP contribution in [-0.2, 0) is 16.6 Å². The SMILES string of the molecule is Cc1ccccc1C(=O)c1cnc(Nc2ccc(CNS(=O)(=O)c3cccc([N+](=O)[O-])c3)cc2)s1. The summed E-state index contributed by atoms with van der Waals surface area (Å²) in [6.07, 6.45) is 1.54. The Morgan fingerprint density at radius 1 is 1.06 bits per heavy atom. The van der Waals surface area contributed by atoms with E-state index in [0.717, 1.165) is 17.3 Å². The average Bonchev–Trinajstić information content (AvgIpc) is 3.32. The van der Waals surface area contributed by atoms with E-state index in [0.29, 0.717) is 21.1 Å². The van der Waals surface area contributed by atoms with Crippen LogP contribution in [-0.4, -0.2) is 24.1 Å². The van der Waals surface area contributed by atoms with Crippen molar-refractivity contribution in [1.82, 2.24) is 9.71 Å². The van der Waals surface area contributed by atoms with Crippen molar-refractivity contribution < 1.29 is 18.1 Å². The Kier molecular flexibility index (Phi) is 7.01. The van der Waals surface area contributed by atoms with Crippen LogP contribution in [0.25, 0.3) is 0 Å². The lowest BCUT2D eigenvalue weighted by atomic mass is 10.0. The van der Waals surface area contributed by atoms with E-state index in [1.807, 2.05) is 25.1 Å². The maximum absolute atomic E-state index is 12.7. The van der Waals surface area contributed by atoms with E-state index in [1.165, 1.54) is 29.5 Å². The Morgan fingerprint density at radius 2 is 1.80 bits per heavy atom. The van der Waals surface area contributed by atoms with Crippen LogP contribution in [0, 0.1) is 17.0 Å². The second kappa shape index (κ2) is 10.1. The first-order valence-electron chi connectivity index (χ1n) is 10.4. The zero-order chi connectivity index (χ0) is 25.0. The highest BCUT2D eigenvalue weighted by atomic mass is 32.2. The molecular formula is C24H20N4O5S2. The summed E-state index contributed by atoms with van der Waals surface area (Å²) in [5.74, 6) is -0.0833. The van der Waals surface area contributed by atoms with E-state index in [9.17, 15) is 23.3 Å². The summed E-state index contributed by atoms with van der Waals surface area (Å²) in [7, 11) is -3.91. The van der Waals surface area contributed by atoms with Crippen LogP contribution in [0.4, 0.5) is 16.5 Å². The molecule has 0 radical (unpaired) electrons. The maximum Gasteiger partial charge on any atom is 0.270 e. The smallest absolute Gasteiger partial charge is 0.270 e. The van der Waals surface area contributed by atoms with Gasteiger partial charge in [-0.15, -0.1) is 0 Å². The third-order valence-corrected chi connectivity index (χ3v) is 7.44. The average molecular weight is 509 g/mol. The summed E-state index contributed by atoms with van der Waals surface area (Å²) >= 11 is 1.25. The number of nitrogens with zero attached hydrogens (tertiary/aromatic N) is 2. The number of rotatable bonds is 9. The van der Waals surface area contributed by atoms with Crippen molar-refractivity contribution in [1.29, 1.82) is 0 Å². The number of carbonyl (C=O) groups excluding carboxylic acids is 1. The molecule has 11 heteroatoms. The van der Waals surface area contributed by atoms with Gasteiger partial charge in [0.05, 0.1) is 20.9 Å². The second-order valence-corrected chi connectivity index (χ2v) is 10.4. The molecule has 1 aromatic heterocycles. The number of nitro groups is 1. The van der Waals surface area contributed by atoms with Crippen molar-refractivity contribution in [3.63, 3.8) is 0 Å². The molecule has 4 rings (SSSR count). The van der Waals surface area contributed by atoms with Gasteiger partial charge in [0.1, 0.15) is 0 Å². The Labute approximate surface area is 205 Å². The zero-order valence-corrected chi connectivity index (χ0v) is 20.1. The van der Waals surface area contributed by atoms with Crippen LogP contribution < -0.4 is 10.0 Å². The van der Waals surface area contributed by atoms with Gasteiger partial charge in [-0.1, -0.05) is 53.8 Å². The predicted octanol–water partition coefficient (Wildman–Crippen LogP) is 4.81. The highest BCUT2D eigenvalue weighted by Crippen LogP contribution is 2.26. The Morgan fingerprint density at radius 3 is 2.51 bits per heavy atom. The van der Waals surface area contributed by atoms with E-state index < -0.39 is 14.9 Å². The molecule has 0 aliphatic carbocycles. The molecule has 9 nitrogen and oxygen atoms in total. The molecule has 0 bridgehead atoms. The Bertz CT molecular complexity index is 1500. The molecule has 35 heavy (non-hydrogen) atoms. The molecular weight excluding hydrogens is 488 g/mol. The van der Waals surface area contributed by atoms with Crippen LogP contribution in [0.5, 0.6) is 0 Å². The monoisotopic (exact) mass is 508 g/mol. The van der Waals surface area contributed by atoms with Crippen molar-refractivity contribution in [3.8, 4) is 0 Å². The number of sulfonamides is 1. The number of hydrogen-bond donors (Lipinski definition) is 2. The van der Waals surface area contributed by atoms with Crippen molar-refractivity contribution >= 4 is 43.6 Å². The second-order valence-electron chi connectivity index (χ2n) is 7.57. The summed E-state index contributed by atoms with van der Waals surface area (Å²) in [5, 5.41) is 14.6. The fourth-order valence-corrected chi connectivity index (χ4v) is 5.10. The lowest BCUT2D eigenvalue weighted by molar-refractivity contribution is -0.385. The van der Waals surface area contributed by atoms with E-state index >= 15 is 0 Å². The number of thiazole rings is 1. The van der Waals surface area contributed by atoms with Gasteiger partial charge in [-0.25, -0.2) is 18.1 Å². The standard InChI is InChI=1S/C24H20N4O5S2/c1-16-5-2-3-8-21(16)23(29)22-15-25-24(34-22)27-18-11-9-17(10-12-18)14-26-35(32,33)20-7-4-6-19(13-20)28(30)31/h2-13,15,26H,14H2,1H3,(H,25,27). The molecule has 0 saturated heterocycles. The van der Waals surface area contributed by atoms with Gasteiger partial charge in [-0.3, -0.25) is 14.9 Å². The van der Waals surface area contributed by atoms with E-state index in [4.69, 9.17) is 0 Å². The van der Waals surface area contributed by atoms with Crippen molar-refractivity contribution in [2.45, 2.75) is 18.4 Å². The molecule has 2 N–H and O–H groups in total. The number of hydrogen-bond acceptors (Lipinski definition) is 8. The quantitative estimate of drug-likeness (QED) is 0.188. The molecule has 178 valence electrons. The van der Waals surface area contributed by atoms with Crippen LogP contribution >= 0.6 is 11.3 Å². The predicted molar refractivity (Wildman–Crippen MR) is 134 cm³/mol. The van der Waals surface area contributed by atoms with Crippen LogP contribution in [0.15, 0.2) is 83.9 Å². The number of benzene rings is 3. The molecule has 0 saturated carbocycles. The van der Waals surface area contributed by atoms with E-state index in [2.05, 4.69) is 15.0 Å². The third-order valence-electron chi connectivity index (χ3n) is 5.13. The van der Waals surface area contributed by atoms with Crippen LogP contribution in [0.2, 0.25) is 0 Å². The molecule has 0 fully saturated rings. The van der Waals surface area contributed by atoms with E-state index in [1.54, 1.807) is 36.5 Å². The Balaban J connectivity index is 1.38. The summed E-state index contributed by atoms with van der Waals surface area (Å²) in [5.41, 5.74) is 2.66. The fourth-order valence-electron chi connectivity index (χ4n) is 3.25. The Hall–Kier alpha value is -3.93. The molecule has 1 heterocycles. The highest BCUT2D eigenvalue weighted by molar-refractivity contribution is 7.89. The summed E-state index contributed by atoms with van der Waals surface area (Å²) in [6, 6.07) is 19.3. The summed E-state index contributed by atoms with van der Waals surface area (Å²) in [4.78, 5) is 27.6. The summed E-state index contributed by atoms with van der Waals surface area (Å²) in [6.45, 7) is 1.90. The molecule has 0 spiro atoms. The van der Waals surface area contributed by atoms with Crippen LogP contribution in [0.3, 0.4) is 0 Å². The van der Waals surface area contributed by atoms with Gasteiger partial charge in [-0.05, 0) is 36.2 Å². The number of anilines is 2. The van der Waals surface area contributed by atoms with Crippen LogP contribution in [0.1, 0.15) is 26.4 Å². The molecule has 0 aliphatic rings. The van der Waals surface area contributed by atoms with Gasteiger partial charge in [0.2, 0.25) is 15.8 Å².